The molecule has 1 fully saturated rings. The largest absolute Gasteiger partial charge is 0.376 e. The third-order valence-electron chi connectivity index (χ3n) is 1.91. The molecule has 0 aromatic carbocycles. The number of nitrogens with zero attached hydrogens (tertiary/aromatic N) is 1. The molecule has 0 saturated carbocycles. The second-order valence-corrected chi connectivity index (χ2v) is 3.21. The maximum absolute atomic E-state index is 5.96. The molecular formula is C9H10ClNO2. The van der Waals surface area contributed by atoms with E-state index in [4.69, 9.17) is 21.1 Å². The van der Waals surface area contributed by atoms with Crippen molar-refractivity contribution in [2.24, 2.45) is 0 Å². The fourth-order valence-corrected chi connectivity index (χ4v) is 1.52. The van der Waals surface area contributed by atoms with Crippen LogP contribution in [0.1, 0.15) is 11.8 Å². The fourth-order valence-electron chi connectivity index (χ4n) is 1.28. The van der Waals surface area contributed by atoms with Crippen molar-refractivity contribution in [3.63, 3.8) is 0 Å². The first-order valence-corrected chi connectivity index (χ1v) is 4.55. The van der Waals surface area contributed by atoms with Crippen LogP contribution in [0.5, 0.6) is 0 Å². The Balaban J connectivity index is 2.18. The molecule has 4 heteroatoms. The highest BCUT2D eigenvalue weighted by molar-refractivity contribution is 6.31. The van der Waals surface area contributed by atoms with E-state index in [9.17, 15) is 0 Å². The summed E-state index contributed by atoms with van der Waals surface area (Å²) in [5.74, 6) is 0. The molecule has 1 aliphatic heterocycles. The van der Waals surface area contributed by atoms with Crippen LogP contribution in [0.3, 0.4) is 0 Å². The zero-order valence-corrected chi connectivity index (χ0v) is 7.83. The monoisotopic (exact) mass is 199 g/mol. The van der Waals surface area contributed by atoms with Crippen molar-refractivity contribution in [2.45, 2.75) is 6.10 Å². The SMILES string of the molecule is Clc1cccnc1C1COCCO1. The lowest BCUT2D eigenvalue weighted by Gasteiger charge is -2.22. The molecule has 0 amide bonds. The van der Waals surface area contributed by atoms with Gasteiger partial charge in [0.25, 0.3) is 0 Å². The van der Waals surface area contributed by atoms with Gasteiger partial charge in [0.2, 0.25) is 0 Å². The van der Waals surface area contributed by atoms with Gasteiger partial charge in [-0.05, 0) is 12.1 Å². The van der Waals surface area contributed by atoms with Crippen molar-refractivity contribution in [2.75, 3.05) is 19.8 Å². The Hall–Kier alpha value is -0.640. The molecule has 70 valence electrons. The van der Waals surface area contributed by atoms with Crippen LogP contribution in [-0.4, -0.2) is 24.8 Å². The topological polar surface area (TPSA) is 31.4 Å². The first kappa shape index (κ1) is 8.94. The van der Waals surface area contributed by atoms with Crippen LogP contribution in [0.15, 0.2) is 18.3 Å². The lowest BCUT2D eigenvalue weighted by atomic mass is 10.2. The minimum absolute atomic E-state index is 0.109. The maximum atomic E-state index is 5.96. The van der Waals surface area contributed by atoms with Gasteiger partial charge in [0.15, 0.2) is 0 Å². The summed E-state index contributed by atoms with van der Waals surface area (Å²) in [6.07, 6.45) is 1.60. The Labute approximate surface area is 81.6 Å². The van der Waals surface area contributed by atoms with E-state index >= 15 is 0 Å². The van der Waals surface area contributed by atoms with Crippen LogP contribution in [0, 0.1) is 0 Å². The Bertz CT molecular complexity index is 287. The molecule has 1 atom stereocenters. The molecule has 1 aromatic heterocycles. The van der Waals surface area contributed by atoms with Crippen LogP contribution in [0.4, 0.5) is 0 Å². The molecule has 2 rings (SSSR count). The first-order valence-electron chi connectivity index (χ1n) is 4.17. The summed E-state index contributed by atoms with van der Waals surface area (Å²) in [6, 6.07) is 3.61. The number of pyridine rings is 1. The van der Waals surface area contributed by atoms with Gasteiger partial charge in [0, 0.05) is 6.20 Å². The van der Waals surface area contributed by atoms with Crippen LogP contribution in [0.2, 0.25) is 5.02 Å². The highest BCUT2D eigenvalue weighted by Gasteiger charge is 2.19. The molecule has 1 aromatic rings. The van der Waals surface area contributed by atoms with Crippen molar-refractivity contribution < 1.29 is 9.47 Å². The van der Waals surface area contributed by atoms with E-state index in [1.165, 1.54) is 0 Å². The molecule has 0 N–H and O–H groups in total. The number of ether oxygens (including phenoxy) is 2. The molecule has 1 aliphatic rings. The molecule has 0 bridgehead atoms. The normalized spacial score (nSPS) is 23.0. The lowest BCUT2D eigenvalue weighted by Crippen LogP contribution is -2.22. The van der Waals surface area contributed by atoms with Gasteiger partial charge in [-0.1, -0.05) is 11.6 Å². The van der Waals surface area contributed by atoms with Gasteiger partial charge >= 0.3 is 0 Å². The number of hydrogen-bond acceptors (Lipinski definition) is 3. The smallest absolute Gasteiger partial charge is 0.124 e. The van der Waals surface area contributed by atoms with Gasteiger partial charge in [-0.15, -0.1) is 0 Å². The van der Waals surface area contributed by atoms with Gasteiger partial charge < -0.3 is 9.47 Å². The Kier molecular flexibility index (Phi) is 2.78. The van der Waals surface area contributed by atoms with Crippen LogP contribution >= 0.6 is 11.6 Å². The van der Waals surface area contributed by atoms with Gasteiger partial charge in [0.05, 0.1) is 30.5 Å². The van der Waals surface area contributed by atoms with Crippen LogP contribution < -0.4 is 0 Å². The summed E-state index contributed by atoms with van der Waals surface area (Å²) in [7, 11) is 0. The number of aromatic nitrogens is 1. The molecule has 1 saturated heterocycles. The molecule has 3 nitrogen and oxygen atoms in total. The van der Waals surface area contributed by atoms with E-state index in [0.29, 0.717) is 24.8 Å². The minimum atomic E-state index is -0.109. The Morgan fingerprint density at radius 3 is 3.08 bits per heavy atom. The molecule has 0 aliphatic carbocycles. The average molecular weight is 200 g/mol. The fraction of sp³-hybridized carbons (Fsp3) is 0.444. The average Bonchev–Trinajstić information content (AvgIpc) is 2.20. The quantitative estimate of drug-likeness (QED) is 0.692. The second-order valence-electron chi connectivity index (χ2n) is 2.80. The van der Waals surface area contributed by atoms with Crippen molar-refractivity contribution >= 4 is 11.6 Å². The summed E-state index contributed by atoms with van der Waals surface area (Å²) in [6.45, 7) is 1.80. The van der Waals surface area contributed by atoms with E-state index in [0.717, 1.165) is 5.69 Å². The van der Waals surface area contributed by atoms with Crippen molar-refractivity contribution in [1.29, 1.82) is 0 Å². The van der Waals surface area contributed by atoms with Gasteiger partial charge in [-0.2, -0.15) is 0 Å². The van der Waals surface area contributed by atoms with Gasteiger partial charge in [-0.3, -0.25) is 4.98 Å². The van der Waals surface area contributed by atoms with Gasteiger partial charge in [0.1, 0.15) is 6.10 Å². The van der Waals surface area contributed by atoms with Crippen molar-refractivity contribution in [3.05, 3.63) is 29.0 Å². The van der Waals surface area contributed by atoms with E-state index < -0.39 is 0 Å². The van der Waals surface area contributed by atoms with Crippen LogP contribution in [0.25, 0.3) is 0 Å². The predicted octanol–water partition coefficient (Wildman–Crippen LogP) is 1.82. The third-order valence-corrected chi connectivity index (χ3v) is 2.23. The van der Waals surface area contributed by atoms with Crippen molar-refractivity contribution in [3.8, 4) is 0 Å². The zero-order chi connectivity index (χ0) is 9.10. The molecule has 0 radical (unpaired) electrons. The highest BCUT2D eigenvalue weighted by atomic mass is 35.5. The summed E-state index contributed by atoms with van der Waals surface area (Å²) in [5.41, 5.74) is 0.767. The molecule has 1 unspecified atom stereocenters. The zero-order valence-electron chi connectivity index (χ0n) is 7.07. The molecule has 0 spiro atoms. The van der Waals surface area contributed by atoms with Crippen LogP contribution in [-0.2, 0) is 9.47 Å². The second kappa shape index (κ2) is 4.05. The number of rotatable bonds is 1. The molecule has 2 heterocycles. The van der Waals surface area contributed by atoms with E-state index in [-0.39, 0.29) is 6.10 Å². The number of hydrogen-bond donors (Lipinski definition) is 0. The first-order chi connectivity index (χ1) is 6.38. The lowest BCUT2D eigenvalue weighted by molar-refractivity contribution is -0.0917. The van der Waals surface area contributed by atoms with E-state index in [1.54, 1.807) is 12.3 Å². The van der Waals surface area contributed by atoms with E-state index in [1.807, 2.05) is 6.07 Å². The standard InChI is InChI=1S/C9H10ClNO2/c10-7-2-1-3-11-9(7)8-6-12-4-5-13-8/h1-3,8H,4-6H2. The third kappa shape index (κ3) is 1.99. The molecule has 13 heavy (non-hydrogen) atoms. The summed E-state index contributed by atoms with van der Waals surface area (Å²) < 4.78 is 10.7. The minimum Gasteiger partial charge on any atom is -0.376 e. The summed E-state index contributed by atoms with van der Waals surface area (Å²) in [5, 5.41) is 0.637. The van der Waals surface area contributed by atoms with Gasteiger partial charge in [-0.25, -0.2) is 0 Å². The van der Waals surface area contributed by atoms with Crippen molar-refractivity contribution in [1.82, 2.24) is 4.98 Å². The summed E-state index contributed by atoms with van der Waals surface area (Å²) in [4.78, 5) is 4.16. The van der Waals surface area contributed by atoms with E-state index in [2.05, 4.69) is 4.98 Å². The maximum Gasteiger partial charge on any atom is 0.124 e. The Morgan fingerprint density at radius 1 is 1.46 bits per heavy atom. The predicted molar refractivity (Wildman–Crippen MR) is 48.8 cm³/mol. The summed E-state index contributed by atoms with van der Waals surface area (Å²) >= 11 is 5.96. The molecular weight excluding hydrogens is 190 g/mol. The number of halogens is 1. The Morgan fingerprint density at radius 2 is 2.38 bits per heavy atom. The highest BCUT2D eigenvalue weighted by Crippen LogP contribution is 2.24.